The highest BCUT2D eigenvalue weighted by Crippen LogP contribution is 2.27. The minimum atomic E-state index is -0.177. The maximum Gasteiger partial charge on any atom is 0.322 e. The number of ether oxygens (including phenoxy) is 1. The average Bonchev–Trinajstić information content (AvgIpc) is 2.52. The van der Waals surface area contributed by atoms with Crippen molar-refractivity contribution in [3.05, 3.63) is 35.9 Å². The van der Waals surface area contributed by atoms with Crippen LogP contribution in [-0.4, -0.2) is 19.1 Å². The fraction of sp³-hybridized carbons (Fsp3) is 0.588. The Kier molecular flexibility index (Phi) is 8.40. The first kappa shape index (κ1) is 18.0. The van der Waals surface area contributed by atoms with Crippen molar-refractivity contribution < 1.29 is 9.53 Å². The van der Waals surface area contributed by atoms with Crippen LogP contribution in [0.2, 0.25) is 0 Å². The molecule has 1 aliphatic rings. The third kappa shape index (κ3) is 6.06. The van der Waals surface area contributed by atoms with E-state index in [4.69, 9.17) is 4.74 Å². The topological polar surface area (TPSA) is 38.3 Å². The van der Waals surface area contributed by atoms with E-state index in [1.807, 2.05) is 18.2 Å². The number of methoxy groups -OCH3 is 1. The van der Waals surface area contributed by atoms with E-state index >= 15 is 0 Å². The maximum atomic E-state index is 11.9. The fourth-order valence-electron chi connectivity index (χ4n) is 3.00. The molecule has 3 nitrogen and oxygen atoms in total. The van der Waals surface area contributed by atoms with E-state index in [9.17, 15) is 4.79 Å². The van der Waals surface area contributed by atoms with Crippen LogP contribution < -0.4 is 5.32 Å². The van der Waals surface area contributed by atoms with Gasteiger partial charge in [0, 0.05) is 6.54 Å². The van der Waals surface area contributed by atoms with Gasteiger partial charge in [0.15, 0.2) is 0 Å². The van der Waals surface area contributed by atoms with Crippen LogP contribution in [0.1, 0.15) is 44.1 Å². The average molecular weight is 312 g/mol. The normalized spacial score (nSPS) is 16.8. The second-order valence-electron chi connectivity index (χ2n) is 5.68. The molecular weight excluding hydrogens is 286 g/mol. The molecule has 0 radical (unpaired) electrons. The number of rotatable bonds is 6. The van der Waals surface area contributed by atoms with Crippen molar-refractivity contribution in [3.63, 3.8) is 0 Å². The monoisotopic (exact) mass is 311 g/mol. The summed E-state index contributed by atoms with van der Waals surface area (Å²) in [6.45, 7) is 0.716. The molecule has 0 amide bonds. The number of benzene rings is 1. The highest BCUT2D eigenvalue weighted by atomic mass is 35.5. The summed E-state index contributed by atoms with van der Waals surface area (Å²) >= 11 is 0. The van der Waals surface area contributed by atoms with Gasteiger partial charge in [0.1, 0.15) is 6.04 Å². The molecule has 0 saturated heterocycles. The molecule has 0 aliphatic heterocycles. The van der Waals surface area contributed by atoms with Gasteiger partial charge in [0.2, 0.25) is 0 Å². The zero-order valence-corrected chi connectivity index (χ0v) is 13.5. The summed E-state index contributed by atoms with van der Waals surface area (Å²) in [7, 11) is 1.47. The summed E-state index contributed by atoms with van der Waals surface area (Å²) in [5.41, 5.74) is 1.20. The molecule has 1 fully saturated rings. The van der Waals surface area contributed by atoms with Gasteiger partial charge in [0.25, 0.3) is 0 Å². The number of hydrogen-bond donors (Lipinski definition) is 1. The summed E-state index contributed by atoms with van der Waals surface area (Å²) in [5, 5.41) is 3.36. The second kappa shape index (κ2) is 9.80. The van der Waals surface area contributed by atoms with E-state index in [2.05, 4.69) is 17.4 Å². The summed E-state index contributed by atoms with van der Waals surface area (Å²) < 4.78 is 4.94. The van der Waals surface area contributed by atoms with Crippen molar-refractivity contribution in [2.24, 2.45) is 5.92 Å². The second-order valence-corrected chi connectivity index (χ2v) is 5.68. The number of halogens is 1. The number of carbonyl (C=O) groups excluding carboxylic acids is 1. The Balaban J connectivity index is 0.00000220. The van der Waals surface area contributed by atoms with Crippen LogP contribution in [-0.2, 0) is 16.1 Å². The summed E-state index contributed by atoms with van der Waals surface area (Å²) in [5.74, 6) is 0.530. The van der Waals surface area contributed by atoms with Crippen molar-refractivity contribution in [2.45, 2.75) is 51.1 Å². The Labute approximate surface area is 133 Å². The Morgan fingerprint density at radius 1 is 1.24 bits per heavy atom. The smallest absolute Gasteiger partial charge is 0.322 e. The number of esters is 1. The largest absolute Gasteiger partial charge is 0.468 e. The molecule has 0 spiro atoms. The van der Waals surface area contributed by atoms with Crippen LogP contribution in [0.4, 0.5) is 0 Å². The third-order valence-corrected chi connectivity index (χ3v) is 4.17. The van der Waals surface area contributed by atoms with Crippen molar-refractivity contribution in [1.29, 1.82) is 0 Å². The van der Waals surface area contributed by atoms with Gasteiger partial charge in [-0.3, -0.25) is 4.79 Å². The molecule has 1 N–H and O–H groups in total. The van der Waals surface area contributed by atoms with Crippen LogP contribution in [0, 0.1) is 5.92 Å². The minimum Gasteiger partial charge on any atom is -0.468 e. The van der Waals surface area contributed by atoms with E-state index in [0.717, 1.165) is 6.42 Å². The van der Waals surface area contributed by atoms with Crippen molar-refractivity contribution in [3.8, 4) is 0 Å². The van der Waals surface area contributed by atoms with Crippen LogP contribution in [0.25, 0.3) is 0 Å². The Hall–Kier alpha value is -1.06. The zero-order valence-electron chi connectivity index (χ0n) is 12.7. The Morgan fingerprint density at radius 2 is 1.90 bits per heavy atom. The van der Waals surface area contributed by atoms with Crippen molar-refractivity contribution in [2.75, 3.05) is 7.11 Å². The van der Waals surface area contributed by atoms with Gasteiger partial charge < -0.3 is 10.1 Å². The van der Waals surface area contributed by atoms with E-state index < -0.39 is 0 Å². The van der Waals surface area contributed by atoms with Gasteiger partial charge in [0.05, 0.1) is 7.11 Å². The number of hydrogen-bond acceptors (Lipinski definition) is 3. The van der Waals surface area contributed by atoms with Gasteiger partial charge in [-0.1, -0.05) is 62.4 Å². The Bertz CT molecular complexity index is 405. The zero-order chi connectivity index (χ0) is 14.2. The number of carbonyl (C=O) groups is 1. The van der Waals surface area contributed by atoms with Crippen LogP contribution in [0.5, 0.6) is 0 Å². The predicted octanol–water partition coefficient (Wildman–Crippen LogP) is 3.71. The van der Waals surface area contributed by atoms with Crippen molar-refractivity contribution >= 4 is 18.4 Å². The van der Waals surface area contributed by atoms with Gasteiger partial charge in [-0.25, -0.2) is 0 Å². The standard InChI is InChI=1S/C17H25NO2.ClH/c1-20-17(19)16(12-14-8-4-2-5-9-14)18-13-15-10-6-3-7-11-15;/h3,6-7,10-11,14,16,18H,2,4-5,8-9,12-13H2,1H3;1H. The molecular formula is C17H26ClNO2. The molecule has 0 aromatic heterocycles. The summed E-state index contributed by atoms with van der Waals surface area (Å²) in [4.78, 5) is 11.9. The fourth-order valence-corrected chi connectivity index (χ4v) is 3.00. The molecule has 1 atom stereocenters. The summed E-state index contributed by atoms with van der Waals surface area (Å²) in [6, 6.07) is 10.0. The molecule has 2 rings (SSSR count). The van der Waals surface area contributed by atoms with Crippen LogP contribution in [0.3, 0.4) is 0 Å². The van der Waals surface area contributed by atoms with Gasteiger partial charge >= 0.3 is 5.97 Å². The highest BCUT2D eigenvalue weighted by Gasteiger charge is 2.24. The molecule has 1 aromatic carbocycles. The van der Waals surface area contributed by atoms with E-state index in [1.165, 1.54) is 44.8 Å². The molecule has 1 unspecified atom stereocenters. The molecule has 0 bridgehead atoms. The SMILES string of the molecule is COC(=O)C(CC1CCCCC1)NCc1ccccc1.Cl. The van der Waals surface area contributed by atoms with E-state index in [1.54, 1.807) is 0 Å². The molecule has 4 heteroatoms. The predicted molar refractivity (Wildman–Crippen MR) is 87.5 cm³/mol. The highest BCUT2D eigenvalue weighted by molar-refractivity contribution is 5.85. The Morgan fingerprint density at radius 3 is 2.52 bits per heavy atom. The molecule has 1 saturated carbocycles. The summed E-state index contributed by atoms with van der Waals surface area (Å²) in [6.07, 6.45) is 7.35. The lowest BCUT2D eigenvalue weighted by Crippen LogP contribution is -2.39. The molecule has 1 aliphatic carbocycles. The maximum absolute atomic E-state index is 11.9. The lowest BCUT2D eigenvalue weighted by atomic mass is 9.85. The van der Waals surface area contributed by atoms with Crippen LogP contribution in [0.15, 0.2) is 30.3 Å². The third-order valence-electron chi connectivity index (χ3n) is 4.17. The van der Waals surface area contributed by atoms with Gasteiger partial charge in [-0.15, -0.1) is 12.4 Å². The first-order valence-electron chi connectivity index (χ1n) is 7.64. The first-order valence-corrected chi connectivity index (χ1v) is 7.64. The van der Waals surface area contributed by atoms with Crippen molar-refractivity contribution in [1.82, 2.24) is 5.32 Å². The van der Waals surface area contributed by atoms with E-state index in [-0.39, 0.29) is 24.4 Å². The molecule has 118 valence electrons. The minimum absolute atomic E-state index is 0. The lowest BCUT2D eigenvalue weighted by Gasteiger charge is -2.26. The molecule has 0 heterocycles. The van der Waals surface area contributed by atoms with Gasteiger partial charge in [-0.2, -0.15) is 0 Å². The van der Waals surface area contributed by atoms with E-state index in [0.29, 0.717) is 12.5 Å². The molecule has 1 aromatic rings. The quantitative estimate of drug-likeness (QED) is 0.814. The molecule has 21 heavy (non-hydrogen) atoms. The van der Waals surface area contributed by atoms with Gasteiger partial charge in [-0.05, 0) is 17.9 Å². The van der Waals surface area contributed by atoms with Crippen LogP contribution >= 0.6 is 12.4 Å². The number of nitrogens with one attached hydrogen (secondary N) is 1. The lowest BCUT2D eigenvalue weighted by molar-refractivity contribution is -0.143. The first-order chi connectivity index (χ1) is 9.79.